The minimum atomic E-state index is -0.135. The molecule has 0 radical (unpaired) electrons. The summed E-state index contributed by atoms with van der Waals surface area (Å²) in [6, 6.07) is 2.03. The second-order valence-electron chi connectivity index (χ2n) is 5.87. The average Bonchev–Trinajstić information content (AvgIpc) is 3.14. The van der Waals surface area contributed by atoms with E-state index < -0.39 is 0 Å². The molecule has 8 nitrogen and oxygen atoms in total. The number of amides is 1. The fourth-order valence-electron chi connectivity index (χ4n) is 2.97. The van der Waals surface area contributed by atoms with Crippen molar-refractivity contribution >= 4 is 17.5 Å². The van der Waals surface area contributed by atoms with Crippen LogP contribution in [0.1, 0.15) is 11.7 Å². The standard InChI is InChI=1S/C15H21ClN6O2/c1-20-5-6-24-13(15(20)12-3-4-18-21(12)2)8-17-14(23)10-22-9-11(16)7-19-22/h3-4,7,9,13,15H,5-6,8,10H2,1-2H3,(H,17,23)/t13-,15-/m0/s1. The minimum Gasteiger partial charge on any atom is -0.373 e. The highest BCUT2D eigenvalue weighted by Gasteiger charge is 2.33. The number of nitrogens with one attached hydrogen (secondary N) is 1. The summed E-state index contributed by atoms with van der Waals surface area (Å²) >= 11 is 5.80. The van der Waals surface area contributed by atoms with Gasteiger partial charge in [0.2, 0.25) is 5.91 Å². The van der Waals surface area contributed by atoms with Crippen LogP contribution in [0, 0.1) is 0 Å². The molecular formula is C15H21ClN6O2. The van der Waals surface area contributed by atoms with E-state index in [4.69, 9.17) is 16.3 Å². The summed E-state index contributed by atoms with van der Waals surface area (Å²) < 4.78 is 9.25. The molecule has 1 N–H and O–H groups in total. The molecule has 2 atom stereocenters. The molecule has 0 unspecified atom stereocenters. The van der Waals surface area contributed by atoms with E-state index in [0.29, 0.717) is 18.2 Å². The third kappa shape index (κ3) is 3.77. The molecule has 1 aliphatic rings. The molecule has 2 aromatic heterocycles. The van der Waals surface area contributed by atoms with Crippen LogP contribution in [-0.2, 0) is 23.1 Å². The summed E-state index contributed by atoms with van der Waals surface area (Å²) in [6.07, 6.45) is 4.76. The number of likely N-dealkylation sites (N-methyl/N-ethyl adjacent to an activating group) is 1. The lowest BCUT2D eigenvalue weighted by Gasteiger charge is -2.39. The molecular weight excluding hydrogens is 332 g/mol. The number of carbonyl (C=O) groups is 1. The van der Waals surface area contributed by atoms with E-state index in [1.54, 1.807) is 12.4 Å². The van der Waals surface area contributed by atoms with Crippen LogP contribution in [-0.4, -0.2) is 63.2 Å². The van der Waals surface area contributed by atoms with Crippen LogP contribution in [0.2, 0.25) is 5.02 Å². The maximum atomic E-state index is 12.1. The summed E-state index contributed by atoms with van der Waals surface area (Å²) in [5.41, 5.74) is 1.07. The zero-order valence-corrected chi connectivity index (χ0v) is 14.5. The van der Waals surface area contributed by atoms with Gasteiger partial charge < -0.3 is 10.1 Å². The predicted octanol–water partition coefficient (Wildman–Crippen LogP) is 0.458. The number of hydrogen-bond acceptors (Lipinski definition) is 5. The SMILES string of the molecule is CN1CCO[C@@H](CNC(=O)Cn2cc(Cl)cn2)[C@@H]1c1ccnn1C. The summed E-state index contributed by atoms with van der Waals surface area (Å²) in [5.74, 6) is -0.129. The highest BCUT2D eigenvalue weighted by atomic mass is 35.5. The molecule has 0 aromatic carbocycles. The van der Waals surface area contributed by atoms with Crippen LogP contribution < -0.4 is 5.32 Å². The van der Waals surface area contributed by atoms with Gasteiger partial charge in [-0.05, 0) is 13.1 Å². The first kappa shape index (κ1) is 16.9. The molecule has 1 amide bonds. The molecule has 0 saturated carbocycles. The summed E-state index contributed by atoms with van der Waals surface area (Å²) in [5, 5.41) is 11.7. The number of aromatic nitrogens is 4. The Morgan fingerprint density at radius 3 is 2.96 bits per heavy atom. The fraction of sp³-hybridized carbons (Fsp3) is 0.533. The molecule has 130 valence electrons. The van der Waals surface area contributed by atoms with Crippen molar-refractivity contribution in [3.63, 3.8) is 0 Å². The van der Waals surface area contributed by atoms with Gasteiger partial charge >= 0.3 is 0 Å². The third-order valence-corrected chi connectivity index (χ3v) is 4.37. The lowest BCUT2D eigenvalue weighted by molar-refractivity contribution is -0.124. The van der Waals surface area contributed by atoms with E-state index in [0.717, 1.165) is 12.2 Å². The van der Waals surface area contributed by atoms with Crippen LogP contribution in [0.15, 0.2) is 24.7 Å². The number of halogens is 1. The highest BCUT2D eigenvalue weighted by Crippen LogP contribution is 2.27. The van der Waals surface area contributed by atoms with E-state index in [1.165, 1.54) is 10.9 Å². The Kier molecular flexibility index (Phi) is 5.17. The van der Waals surface area contributed by atoms with Gasteiger partial charge in [-0.3, -0.25) is 19.1 Å². The van der Waals surface area contributed by atoms with E-state index in [9.17, 15) is 4.79 Å². The Morgan fingerprint density at radius 2 is 2.29 bits per heavy atom. The fourth-order valence-corrected chi connectivity index (χ4v) is 3.12. The van der Waals surface area contributed by atoms with Crippen molar-refractivity contribution in [3.05, 3.63) is 35.4 Å². The number of nitrogens with zero attached hydrogens (tertiary/aromatic N) is 5. The molecule has 1 fully saturated rings. The normalized spacial score (nSPS) is 21.8. The van der Waals surface area contributed by atoms with Gasteiger partial charge in [-0.2, -0.15) is 10.2 Å². The number of hydrogen-bond donors (Lipinski definition) is 1. The molecule has 0 aliphatic carbocycles. The zero-order valence-electron chi connectivity index (χ0n) is 13.7. The van der Waals surface area contributed by atoms with E-state index in [-0.39, 0.29) is 24.6 Å². The Labute approximate surface area is 145 Å². The van der Waals surface area contributed by atoms with Gasteiger partial charge in [0, 0.05) is 32.5 Å². The topological polar surface area (TPSA) is 77.2 Å². The van der Waals surface area contributed by atoms with Crippen LogP contribution in [0.3, 0.4) is 0 Å². The molecule has 3 heterocycles. The maximum absolute atomic E-state index is 12.1. The van der Waals surface area contributed by atoms with Crippen molar-refractivity contribution in [2.45, 2.75) is 18.7 Å². The van der Waals surface area contributed by atoms with Crippen molar-refractivity contribution in [1.82, 2.24) is 29.8 Å². The second-order valence-corrected chi connectivity index (χ2v) is 6.31. The van der Waals surface area contributed by atoms with Gasteiger partial charge in [0.15, 0.2) is 0 Å². The summed E-state index contributed by atoms with van der Waals surface area (Å²) in [6.45, 7) is 2.03. The molecule has 3 rings (SSSR count). The number of ether oxygens (including phenoxy) is 1. The Bertz CT molecular complexity index is 700. The molecule has 9 heteroatoms. The van der Waals surface area contributed by atoms with E-state index in [1.807, 2.05) is 17.8 Å². The Morgan fingerprint density at radius 1 is 1.46 bits per heavy atom. The largest absolute Gasteiger partial charge is 0.373 e. The maximum Gasteiger partial charge on any atom is 0.241 e. The molecule has 2 aromatic rings. The number of morpholine rings is 1. The number of rotatable bonds is 5. The van der Waals surface area contributed by atoms with E-state index >= 15 is 0 Å². The lowest BCUT2D eigenvalue weighted by atomic mass is 10.0. The summed E-state index contributed by atoms with van der Waals surface area (Å²) in [4.78, 5) is 14.3. The van der Waals surface area contributed by atoms with Crippen molar-refractivity contribution in [3.8, 4) is 0 Å². The van der Waals surface area contributed by atoms with Crippen molar-refractivity contribution < 1.29 is 9.53 Å². The number of aryl methyl sites for hydroxylation is 1. The molecule has 1 aliphatic heterocycles. The van der Waals surface area contributed by atoms with Gasteiger partial charge in [0.25, 0.3) is 0 Å². The predicted molar refractivity (Wildman–Crippen MR) is 88.6 cm³/mol. The Balaban J connectivity index is 1.62. The number of carbonyl (C=O) groups excluding carboxylic acids is 1. The van der Waals surface area contributed by atoms with Gasteiger partial charge in [-0.1, -0.05) is 11.6 Å². The molecule has 0 spiro atoms. The van der Waals surface area contributed by atoms with Gasteiger partial charge in [0.05, 0.1) is 35.7 Å². The van der Waals surface area contributed by atoms with Crippen LogP contribution in [0.4, 0.5) is 0 Å². The molecule has 24 heavy (non-hydrogen) atoms. The first-order chi connectivity index (χ1) is 11.5. The monoisotopic (exact) mass is 352 g/mol. The smallest absolute Gasteiger partial charge is 0.241 e. The molecule has 0 bridgehead atoms. The zero-order chi connectivity index (χ0) is 17.1. The summed E-state index contributed by atoms with van der Waals surface area (Å²) in [7, 11) is 3.97. The van der Waals surface area contributed by atoms with Gasteiger partial charge in [0.1, 0.15) is 6.54 Å². The van der Waals surface area contributed by atoms with Crippen LogP contribution >= 0.6 is 11.6 Å². The second kappa shape index (κ2) is 7.33. The average molecular weight is 353 g/mol. The highest BCUT2D eigenvalue weighted by molar-refractivity contribution is 6.30. The lowest BCUT2D eigenvalue weighted by Crippen LogP contribution is -2.49. The molecule has 1 saturated heterocycles. The first-order valence-corrected chi connectivity index (χ1v) is 8.17. The quantitative estimate of drug-likeness (QED) is 0.846. The van der Waals surface area contributed by atoms with Gasteiger partial charge in [-0.25, -0.2) is 0 Å². The van der Waals surface area contributed by atoms with Crippen LogP contribution in [0.25, 0.3) is 0 Å². The minimum absolute atomic E-state index is 0.0469. The third-order valence-electron chi connectivity index (χ3n) is 4.17. The van der Waals surface area contributed by atoms with Crippen LogP contribution in [0.5, 0.6) is 0 Å². The first-order valence-electron chi connectivity index (χ1n) is 7.79. The van der Waals surface area contributed by atoms with Crippen molar-refractivity contribution in [1.29, 1.82) is 0 Å². The van der Waals surface area contributed by atoms with Crippen molar-refractivity contribution in [2.24, 2.45) is 7.05 Å². The Hall–Kier alpha value is -1.90. The van der Waals surface area contributed by atoms with Gasteiger partial charge in [-0.15, -0.1) is 0 Å². The van der Waals surface area contributed by atoms with Crippen molar-refractivity contribution in [2.75, 3.05) is 26.7 Å². The van der Waals surface area contributed by atoms with E-state index in [2.05, 4.69) is 27.5 Å².